The molecule has 1 N–H and O–H groups in total. The van der Waals surface area contributed by atoms with E-state index in [-0.39, 0.29) is 0 Å². The lowest BCUT2D eigenvalue weighted by Crippen LogP contribution is -2.24. The maximum Gasteiger partial charge on any atom is 0.158 e. The predicted octanol–water partition coefficient (Wildman–Crippen LogP) is 0.186. The fraction of sp³-hybridized carbons (Fsp3) is 1.00. The minimum absolute atomic E-state index is 0.727. The van der Waals surface area contributed by atoms with E-state index in [0.29, 0.717) is 0 Å². The molecule has 1 saturated heterocycles. The van der Waals surface area contributed by atoms with Crippen LogP contribution in [0.3, 0.4) is 0 Å². The molecule has 0 amide bonds. The van der Waals surface area contributed by atoms with Crippen LogP contribution in [0.2, 0.25) is 0 Å². The second-order valence-corrected chi connectivity index (χ2v) is 2.07. The summed E-state index contributed by atoms with van der Waals surface area (Å²) >= 11 is 1.09. The summed E-state index contributed by atoms with van der Waals surface area (Å²) in [7, 11) is 0. The first kappa shape index (κ1) is 6.35. The highest BCUT2D eigenvalue weighted by Gasteiger charge is 1.95. The molecule has 0 aromatic heterocycles. The lowest BCUT2D eigenvalue weighted by Gasteiger charge is -2.08. The van der Waals surface area contributed by atoms with Crippen molar-refractivity contribution in [3.8, 4) is 0 Å². The molecule has 1 aliphatic heterocycles. The van der Waals surface area contributed by atoms with Gasteiger partial charge in [-0.15, -0.1) is 0 Å². The maximum atomic E-state index is 4.91. The first-order chi connectivity index (χ1) is 4.00. The number of rotatable bonds is 0. The van der Waals surface area contributed by atoms with E-state index >= 15 is 0 Å². The van der Waals surface area contributed by atoms with E-state index in [1.165, 1.54) is 0 Å². The second kappa shape index (κ2) is 4.14. The molecule has 0 spiro atoms. The molecular weight excluding hydrogens is 126 g/mol. The molecule has 3 nitrogen and oxygen atoms in total. The van der Waals surface area contributed by atoms with Crippen LogP contribution in [-0.2, 0) is 8.37 Å². The van der Waals surface area contributed by atoms with E-state index in [2.05, 4.69) is 5.32 Å². The van der Waals surface area contributed by atoms with E-state index in [9.17, 15) is 0 Å². The molecule has 0 aromatic carbocycles. The fourth-order valence-electron chi connectivity index (χ4n) is 0.455. The van der Waals surface area contributed by atoms with Crippen LogP contribution in [0.4, 0.5) is 0 Å². The average Bonchev–Trinajstić information content (AvgIpc) is 1.62. The molecule has 4 heteroatoms. The third-order valence-corrected chi connectivity index (χ3v) is 1.35. The normalized spacial score (nSPS) is 24.0. The monoisotopic (exact) mass is 135 g/mol. The molecule has 48 valence electrons. The highest BCUT2D eigenvalue weighted by Crippen LogP contribution is 2.03. The van der Waals surface area contributed by atoms with Crippen LogP contribution in [0.25, 0.3) is 0 Å². The summed E-state index contributed by atoms with van der Waals surface area (Å²) < 4.78 is 9.81. The zero-order valence-electron chi connectivity index (χ0n) is 4.55. The third-order valence-electron chi connectivity index (χ3n) is 0.821. The minimum atomic E-state index is 0.727. The van der Waals surface area contributed by atoms with Gasteiger partial charge in [0.25, 0.3) is 0 Å². The van der Waals surface area contributed by atoms with Crippen molar-refractivity contribution >= 4 is 12.3 Å². The van der Waals surface area contributed by atoms with Gasteiger partial charge in [-0.3, -0.25) is 8.37 Å². The SMILES string of the molecule is C1COSOCCN1. The van der Waals surface area contributed by atoms with Gasteiger partial charge < -0.3 is 5.32 Å². The molecule has 1 rings (SSSR count). The highest BCUT2D eigenvalue weighted by molar-refractivity contribution is 7.89. The molecule has 8 heavy (non-hydrogen) atoms. The van der Waals surface area contributed by atoms with Gasteiger partial charge in [-0.05, 0) is 0 Å². The third kappa shape index (κ3) is 2.52. The van der Waals surface area contributed by atoms with Crippen molar-refractivity contribution in [1.29, 1.82) is 0 Å². The van der Waals surface area contributed by atoms with Gasteiger partial charge in [0, 0.05) is 13.1 Å². The summed E-state index contributed by atoms with van der Waals surface area (Å²) in [5.41, 5.74) is 0. The predicted molar refractivity (Wildman–Crippen MR) is 32.4 cm³/mol. The molecule has 1 heterocycles. The summed E-state index contributed by atoms with van der Waals surface area (Å²) in [5, 5.41) is 3.12. The quantitative estimate of drug-likeness (QED) is 0.480. The Kier molecular flexibility index (Phi) is 3.29. The molecule has 0 saturated carbocycles. The number of nitrogens with one attached hydrogen (secondary N) is 1. The lowest BCUT2D eigenvalue weighted by atomic mass is 10.6. The zero-order valence-corrected chi connectivity index (χ0v) is 5.37. The molecule has 1 fully saturated rings. The van der Waals surface area contributed by atoms with Gasteiger partial charge in [0.2, 0.25) is 0 Å². The lowest BCUT2D eigenvalue weighted by molar-refractivity contribution is 0.259. The summed E-state index contributed by atoms with van der Waals surface area (Å²) in [4.78, 5) is 0. The largest absolute Gasteiger partial charge is 0.312 e. The standard InChI is InChI=1S/C4H9NO2S/c1-3-6-8-7-4-2-5-1/h5H,1-4H2. The van der Waals surface area contributed by atoms with Gasteiger partial charge >= 0.3 is 0 Å². The average molecular weight is 135 g/mol. The van der Waals surface area contributed by atoms with Gasteiger partial charge in [0.05, 0.1) is 13.2 Å². The van der Waals surface area contributed by atoms with Crippen molar-refractivity contribution in [1.82, 2.24) is 5.32 Å². The summed E-state index contributed by atoms with van der Waals surface area (Å²) in [6.07, 6.45) is 0. The maximum absolute atomic E-state index is 4.91. The summed E-state index contributed by atoms with van der Waals surface area (Å²) in [6, 6.07) is 0. The smallest absolute Gasteiger partial charge is 0.158 e. The summed E-state index contributed by atoms with van der Waals surface area (Å²) in [5.74, 6) is 0. The molecule has 0 bridgehead atoms. The van der Waals surface area contributed by atoms with Crippen molar-refractivity contribution in [3.05, 3.63) is 0 Å². The Bertz CT molecular complexity index is 38.0. The molecule has 0 aromatic rings. The van der Waals surface area contributed by atoms with Crippen molar-refractivity contribution in [3.63, 3.8) is 0 Å². The van der Waals surface area contributed by atoms with E-state index in [1.807, 2.05) is 0 Å². The second-order valence-electron chi connectivity index (χ2n) is 1.46. The van der Waals surface area contributed by atoms with Crippen LogP contribution in [0.1, 0.15) is 0 Å². The van der Waals surface area contributed by atoms with Crippen molar-refractivity contribution in [2.45, 2.75) is 0 Å². The highest BCUT2D eigenvalue weighted by atomic mass is 32.2. The number of hydrogen-bond acceptors (Lipinski definition) is 4. The number of hydrogen-bond donors (Lipinski definition) is 1. The Balaban J connectivity index is 2.00. The van der Waals surface area contributed by atoms with Crippen LogP contribution >= 0.6 is 12.3 Å². The van der Waals surface area contributed by atoms with Crippen molar-refractivity contribution in [2.24, 2.45) is 0 Å². The Morgan fingerprint density at radius 3 is 2.38 bits per heavy atom. The molecule has 0 radical (unpaired) electrons. The van der Waals surface area contributed by atoms with E-state index < -0.39 is 0 Å². The Hall–Kier alpha value is 0.230. The Labute approximate surface area is 53.1 Å². The van der Waals surface area contributed by atoms with Gasteiger partial charge in [0.1, 0.15) is 0 Å². The van der Waals surface area contributed by atoms with Crippen molar-refractivity contribution in [2.75, 3.05) is 26.3 Å². The molecule has 1 aliphatic rings. The van der Waals surface area contributed by atoms with Crippen LogP contribution in [0.15, 0.2) is 0 Å². The van der Waals surface area contributed by atoms with Gasteiger partial charge in [0.15, 0.2) is 12.3 Å². The van der Waals surface area contributed by atoms with Gasteiger partial charge in [-0.1, -0.05) is 0 Å². The Morgan fingerprint density at radius 2 is 1.75 bits per heavy atom. The molecule has 0 atom stereocenters. The van der Waals surface area contributed by atoms with Crippen LogP contribution in [0.5, 0.6) is 0 Å². The van der Waals surface area contributed by atoms with E-state index in [4.69, 9.17) is 8.37 Å². The summed E-state index contributed by atoms with van der Waals surface area (Å²) in [6.45, 7) is 3.31. The zero-order chi connectivity index (χ0) is 5.66. The molecule has 0 unspecified atom stereocenters. The first-order valence-electron chi connectivity index (χ1n) is 2.62. The van der Waals surface area contributed by atoms with E-state index in [1.54, 1.807) is 0 Å². The van der Waals surface area contributed by atoms with Gasteiger partial charge in [-0.2, -0.15) is 0 Å². The molecular formula is C4H9NO2S. The van der Waals surface area contributed by atoms with Crippen LogP contribution in [-0.4, -0.2) is 26.3 Å². The van der Waals surface area contributed by atoms with Gasteiger partial charge in [-0.25, -0.2) is 0 Å². The Morgan fingerprint density at radius 1 is 1.12 bits per heavy atom. The van der Waals surface area contributed by atoms with Crippen molar-refractivity contribution < 1.29 is 8.37 Å². The molecule has 0 aliphatic carbocycles. The topological polar surface area (TPSA) is 30.5 Å². The van der Waals surface area contributed by atoms with Crippen LogP contribution < -0.4 is 5.32 Å². The van der Waals surface area contributed by atoms with E-state index in [0.717, 1.165) is 38.6 Å². The fourth-order valence-corrected chi connectivity index (χ4v) is 0.826. The first-order valence-corrected chi connectivity index (χ1v) is 3.28. The minimum Gasteiger partial charge on any atom is -0.312 e. The van der Waals surface area contributed by atoms with Crippen LogP contribution in [0, 0.1) is 0 Å².